The maximum atomic E-state index is 11.8. The van der Waals surface area contributed by atoms with Gasteiger partial charge in [0, 0.05) is 11.8 Å². The van der Waals surface area contributed by atoms with Crippen molar-refractivity contribution in [1.29, 1.82) is 0 Å². The molecule has 6 nitrogen and oxygen atoms in total. The summed E-state index contributed by atoms with van der Waals surface area (Å²) in [5, 5.41) is 10.4. The van der Waals surface area contributed by atoms with Crippen LogP contribution in [0, 0.1) is 6.92 Å². The summed E-state index contributed by atoms with van der Waals surface area (Å²) in [6.45, 7) is 3.92. The number of carbonyl (C=O) groups excluding carboxylic acids is 1. The second-order valence-electron chi connectivity index (χ2n) is 4.02. The molecule has 0 amide bonds. The summed E-state index contributed by atoms with van der Waals surface area (Å²) in [7, 11) is 0. The predicted molar refractivity (Wildman–Crippen MR) is 62.9 cm³/mol. The zero-order valence-corrected chi connectivity index (χ0v) is 10.4. The number of aromatic amines is 1. The van der Waals surface area contributed by atoms with Crippen molar-refractivity contribution in [2.45, 2.75) is 33.3 Å². The van der Waals surface area contributed by atoms with Crippen molar-refractivity contribution in [2.75, 3.05) is 0 Å². The molecule has 0 atom stereocenters. The molecule has 0 aromatic carbocycles. The van der Waals surface area contributed by atoms with E-state index in [-0.39, 0.29) is 6.61 Å². The van der Waals surface area contributed by atoms with Crippen LogP contribution in [0.2, 0.25) is 0 Å². The second-order valence-corrected chi connectivity index (χ2v) is 4.02. The quantitative estimate of drug-likeness (QED) is 0.820. The van der Waals surface area contributed by atoms with Crippen LogP contribution in [0.4, 0.5) is 0 Å². The Morgan fingerprint density at radius 2 is 2.39 bits per heavy atom. The number of H-pyrrole nitrogens is 1. The zero-order chi connectivity index (χ0) is 13.0. The lowest BCUT2D eigenvalue weighted by Gasteiger charge is -2.02. The van der Waals surface area contributed by atoms with Gasteiger partial charge in [0.1, 0.15) is 5.56 Å². The zero-order valence-electron chi connectivity index (χ0n) is 10.4. The van der Waals surface area contributed by atoms with Crippen molar-refractivity contribution in [2.24, 2.45) is 0 Å². The van der Waals surface area contributed by atoms with Gasteiger partial charge in [0.2, 0.25) is 0 Å². The Bertz CT molecular complexity index is 530. The molecular formula is C12H15N3O3. The summed E-state index contributed by atoms with van der Waals surface area (Å²) in [6, 6.07) is 1.73. The smallest absolute Gasteiger partial charge is 0.342 e. The average molecular weight is 249 g/mol. The minimum Gasteiger partial charge on any atom is -0.454 e. The van der Waals surface area contributed by atoms with Crippen molar-refractivity contribution < 1.29 is 14.1 Å². The van der Waals surface area contributed by atoms with E-state index in [1.807, 2.05) is 13.8 Å². The molecule has 0 radical (unpaired) electrons. The summed E-state index contributed by atoms with van der Waals surface area (Å²) in [4.78, 5) is 11.8. The van der Waals surface area contributed by atoms with E-state index in [4.69, 9.17) is 9.26 Å². The summed E-state index contributed by atoms with van der Waals surface area (Å²) < 4.78 is 10.1. The number of carbonyl (C=O) groups is 1. The van der Waals surface area contributed by atoms with Gasteiger partial charge in [-0.25, -0.2) is 4.79 Å². The maximum Gasteiger partial charge on any atom is 0.342 e. The lowest BCUT2D eigenvalue weighted by atomic mass is 10.2. The summed E-state index contributed by atoms with van der Waals surface area (Å²) in [5.41, 5.74) is 2.04. The fourth-order valence-corrected chi connectivity index (χ4v) is 1.63. The van der Waals surface area contributed by atoms with Gasteiger partial charge in [0.15, 0.2) is 12.4 Å². The van der Waals surface area contributed by atoms with Crippen molar-refractivity contribution in [1.82, 2.24) is 15.4 Å². The summed E-state index contributed by atoms with van der Waals surface area (Å²) in [5.74, 6) is 0.127. The standard InChI is InChI=1S/C12H15N3O3/c1-3-4-11-10(6-13-14-11)12(16)17-7-9-5-8(2)15-18-9/h5-6H,3-4,7H2,1-2H3,(H,13,14). The van der Waals surface area contributed by atoms with Crippen LogP contribution in [-0.2, 0) is 17.8 Å². The molecule has 0 aliphatic rings. The largest absolute Gasteiger partial charge is 0.454 e. The van der Waals surface area contributed by atoms with E-state index in [1.54, 1.807) is 6.07 Å². The minimum atomic E-state index is -0.402. The molecule has 2 heterocycles. The van der Waals surface area contributed by atoms with E-state index in [9.17, 15) is 4.79 Å². The number of aromatic nitrogens is 3. The molecule has 2 aromatic heterocycles. The molecule has 0 unspecified atom stereocenters. The highest BCUT2D eigenvalue weighted by Crippen LogP contribution is 2.11. The molecule has 2 rings (SSSR count). The Balaban J connectivity index is 1.97. The number of nitrogens with zero attached hydrogens (tertiary/aromatic N) is 2. The number of ether oxygens (including phenoxy) is 1. The van der Waals surface area contributed by atoms with Crippen molar-refractivity contribution in [3.8, 4) is 0 Å². The SMILES string of the molecule is CCCc1[nH]ncc1C(=O)OCc1cc(C)no1. The Morgan fingerprint density at radius 1 is 1.56 bits per heavy atom. The third kappa shape index (κ3) is 2.77. The number of hydrogen-bond acceptors (Lipinski definition) is 5. The highest BCUT2D eigenvalue weighted by molar-refractivity contribution is 5.90. The van der Waals surface area contributed by atoms with Crippen LogP contribution in [0.1, 0.15) is 40.9 Å². The Labute approximate surface area is 104 Å². The Hall–Kier alpha value is -2.11. The topological polar surface area (TPSA) is 81.0 Å². The van der Waals surface area contributed by atoms with Crippen molar-refractivity contribution >= 4 is 5.97 Å². The molecule has 0 aliphatic heterocycles. The van der Waals surface area contributed by atoms with E-state index < -0.39 is 5.97 Å². The third-order valence-electron chi connectivity index (χ3n) is 2.46. The van der Waals surface area contributed by atoms with Crippen LogP contribution < -0.4 is 0 Å². The van der Waals surface area contributed by atoms with E-state index in [2.05, 4.69) is 15.4 Å². The first kappa shape index (κ1) is 12.3. The second kappa shape index (κ2) is 5.48. The van der Waals surface area contributed by atoms with Crippen LogP contribution >= 0.6 is 0 Å². The first-order chi connectivity index (χ1) is 8.70. The fraction of sp³-hybridized carbons (Fsp3) is 0.417. The molecule has 18 heavy (non-hydrogen) atoms. The molecule has 0 bridgehead atoms. The lowest BCUT2D eigenvalue weighted by Crippen LogP contribution is -2.06. The average Bonchev–Trinajstić information content (AvgIpc) is 2.96. The van der Waals surface area contributed by atoms with Gasteiger partial charge in [-0.1, -0.05) is 18.5 Å². The van der Waals surface area contributed by atoms with Crippen LogP contribution in [-0.4, -0.2) is 21.3 Å². The van der Waals surface area contributed by atoms with Crippen LogP contribution in [0.3, 0.4) is 0 Å². The molecule has 1 N–H and O–H groups in total. The van der Waals surface area contributed by atoms with Gasteiger partial charge in [0.25, 0.3) is 0 Å². The van der Waals surface area contributed by atoms with Gasteiger partial charge in [0.05, 0.1) is 11.9 Å². The number of esters is 1. The minimum absolute atomic E-state index is 0.0798. The summed E-state index contributed by atoms with van der Waals surface area (Å²) in [6.07, 6.45) is 3.19. The number of nitrogens with one attached hydrogen (secondary N) is 1. The molecule has 0 saturated carbocycles. The number of hydrogen-bond donors (Lipinski definition) is 1. The predicted octanol–water partition coefficient (Wildman–Crippen LogP) is 2.02. The molecule has 0 saturated heterocycles. The maximum absolute atomic E-state index is 11.8. The molecule has 0 aliphatic carbocycles. The van der Waals surface area contributed by atoms with E-state index in [0.29, 0.717) is 11.3 Å². The van der Waals surface area contributed by atoms with Crippen LogP contribution in [0.25, 0.3) is 0 Å². The third-order valence-corrected chi connectivity index (χ3v) is 2.46. The van der Waals surface area contributed by atoms with Gasteiger partial charge in [-0.15, -0.1) is 0 Å². The van der Waals surface area contributed by atoms with Gasteiger partial charge < -0.3 is 9.26 Å². The van der Waals surface area contributed by atoms with Gasteiger partial charge >= 0.3 is 5.97 Å². The number of rotatable bonds is 5. The molecule has 0 fully saturated rings. The van der Waals surface area contributed by atoms with Crippen LogP contribution in [0.15, 0.2) is 16.8 Å². The fourth-order valence-electron chi connectivity index (χ4n) is 1.63. The van der Waals surface area contributed by atoms with E-state index in [1.165, 1.54) is 6.20 Å². The molecule has 0 spiro atoms. The molecular weight excluding hydrogens is 234 g/mol. The van der Waals surface area contributed by atoms with Gasteiger partial charge in [-0.2, -0.15) is 5.10 Å². The van der Waals surface area contributed by atoms with Crippen molar-refractivity contribution in [3.63, 3.8) is 0 Å². The molecule has 96 valence electrons. The highest BCUT2D eigenvalue weighted by atomic mass is 16.5. The molecule has 2 aromatic rings. The first-order valence-electron chi connectivity index (χ1n) is 5.82. The normalized spacial score (nSPS) is 10.6. The van der Waals surface area contributed by atoms with E-state index >= 15 is 0 Å². The highest BCUT2D eigenvalue weighted by Gasteiger charge is 2.15. The van der Waals surface area contributed by atoms with Crippen LogP contribution in [0.5, 0.6) is 0 Å². The summed E-state index contributed by atoms with van der Waals surface area (Å²) >= 11 is 0. The van der Waals surface area contributed by atoms with Crippen molar-refractivity contribution in [3.05, 3.63) is 35.0 Å². The van der Waals surface area contributed by atoms with Gasteiger partial charge in [-0.3, -0.25) is 5.10 Å². The van der Waals surface area contributed by atoms with Gasteiger partial charge in [-0.05, 0) is 13.3 Å². The first-order valence-corrected chi connectivity index (χ1v) is 5.82. The lowest BCUT2D eigenvalue weighted by molar-refractivity contribution is 0.0436. The number of aryl methyl sites for hydroxylation is 2. The Kier molecular flexibility index (Phi) is 3.76. The Morgan fingerprint density at radius 3 is 3.06 bits per heavy atom. The van der Waals surface area contributed by atoms with E-state index in [0.717, 1.165) is 24.2 Å². The molecule has 6 heteroatoms. The monoisotopic (exact) mass is 249 g/mol.